The van der Waals surface area contributed by atoms with Crippen molar-refractivity contribution in [2.24, 2.45) is 0 Å². The Bertz CT molecular complexity index is 899. The van der Waals surface area contributed by atoms with E-state index in [1.165, 1.54) is 13.1 Å². The number of halogens is 1. The van der Waals surface area contributed by atoms with Gasteiger partial charge in [-0.15, -0.1) is 0 Å². The van der Waals surface area contributed by atoms with Crippen LogP contribution in [0.3, 0.4) is 0 Å². The molecule has 0 aliphatic carbocycles. The van der Waals surface area contributed by atoms with Crippen LogP contribution >= 0.6 is 22.6 Å². The number of rotatable bonds is 5. The highest BCUT2D eigenvalue weighted by Crippen LogP contribution is 2.19. The van der Waals surface area contributed by atoms with E-state index in [2.05, 4.69) is 38.5 Å². The van der Waals surface area contributed by atoms with Crippen molar-refractivity contribution in [3.63, 3.8) is 0 Å². The van der Waals surface area contributed by atoms with E-state index in [1.807, 2.05) is 25.1 Å². The first-order valence-electron chi connectivity index (χ1n) is 7.71. The van der Waals surface area contributed by atoms with Crippen molar-refractivity contribution in [1.29, 1.82) is 5.26 Å². The third-order valence-electron chi connectivity index (χ3n) is 3.39. The topological polar surface area (TPSA) is 94.0 Å². The first kappa shape index (κ1) is 19.5. The SMILES string of the molecule is CC(=O)Nc1ccc(N/C=C(/C#N)C(=O)Nc2ccc(I)cc2C)cc1. The Morgan fingerprint density at radius 1 is 1.08 bits per heavy atom. The predicted octanol–water partition coefficient (Wildman–Crippen LogP) is 4.02. The van der Waals surface area contributed by atoms with Gasteiger partial charge >= 0.3 is 0 Å². The molecule has 0 heterocycles. The van der Waals surface area contributed by atoms with Crippen molar-refractivity contribution in [3.8, 4) is 6.07 Å². The van der Waals surface area contributed by atoms with E-state index in [0.29, 0.717) is 17.1 Å². The molecule has 2 amide bonds. The van der Waals surface area contributed by atoms with Gasteiger partial charge in [-0.25, -0.2) is 0 Å². The molecule has 0 bridgehead atoms. The quantitative estimate of drug-likeness (QED) is 0.357. The van der Waals surface area contributed by atoms with Gasteiger partial charge in [-0.2, -0.15) is 5.26 Å². The minimum absolute atomic E-state index is 0.0473. The maximum absolute atomic E-state index is 12.3. The number of amides is 2. The fourth-order valence-electron chi connectivity index (χ4n) is 2.11. The fourth-order valence-corrected chi connectivity index (χ4v) is 2.76. The summed E-state index contributed by atoms with van der Waals surface area (Å²) < 4.78 is 1.07. The lowest BCUT2D eigenvalue weighted by atomic mass is 10.2. The Kier molecular flexibility index (Phi) is 6.74. The molecule has 7 heteroatoms. The zero-order valence-electron chi connectivity index (χ0n) is 14.3. The van der Waals surface area contributed by atoms with Crippen LogP contribution in [0.4, 0.5) is 17.1 Å². The smallest absolute Gasteiger partial charge is 0.267 e. The van der Waals surface area contributed by atoms with Crippen LogP contribution in [0.25, 0.3) is 0 Å². The van der Waals surface area contributed by atoms with Crippen LogP contribution in [0.5, 0.6) is 0 Å². The second-order valence-corrected chi connectivity index (χ2v) is 6.73. The highest BCUT2D eigenvalue weighted by Gasteiger charge is 2.10. The number of carbonyl (C=O) groups is 2. The molecule has 0 aliphatic rings. The molecule has 132 valence electrons. The van der Waals surface area contributed by atoms with Gasteiger partial charge in [0.2, 0.25) is 5.91 Å². The summed E-state index contributed by atoms with van der Waals surface area (Å²) >= 11 is 2.20. The second kappa shape index (κ2) is 9.01. The Balaban J connectivity index is 2.06. The number of nitrogens with one attached hydrogen (secondary N) is 3. The van der Waals surface area contributed by atoms with Gasteiger partial charge in [0, 0.05) is 33.8 Å². The van der Waals surface area contributed by atoms with E-state index < -0.39 is 5.91 Å². The van der Waals surface area contributed by atoms with Gasteiger partial charge in [0.15, 0.2) is 0 Å². The van der Waals surface area contributed by atoms with Gasteiger partial charge in [0.1, 0.15) is 11.6 Å². The van der Waals surface area contributed by atoms with Gasteiger partial charge in [-0.1, -0.05) is 0 Å². The Morgan fingerprint density at radius 2 is 1.73 bits per heavy atom. The van der Waals surface area contributed by atoms with Gasteiger partial charge in [0.25, 0.3) is 5.91 Å². The highest BCUT2D eigenvalue weighted by molar-refractivity contribution is 14.1. The summed E-state index contributed by atoms with van der Waals surface area (Å²) in [5.41, 5.74) is 2.89. The molecule has 2 rings (SSSR count). The first-order chi connectivity index (χ1) is 12.4. The minimum atomic E-state index is -0.487. The molecule has 0 aromatic heterocycles. The molecular formula is C19H17IN4O2. The summed E-state index contributed by atoms with van der Waals surface area (Å²) in [6.07, 6.45) is 1.35. The normalized spacial score (nSPS) is 10.6. The third-order valence-corrected chi connectivity index (χ3v) is 4.06. The number of hydrogen-bond acceptors (Lipinski definition) is 4. The van der Waals surface area contributed by atoms with Crippen molar-refractivity contribution in [2.75, 3.05) is 16.0 Å². The molecule has 3 N–H and O–H groups in total. The summed E-state index contributed by atoms with van der Waals surface area (Å²) in [6, 6.07) is 14.4. The largest absolute Gasteiger partial charge is 0.360 e. The summed E-state index contributed by atoms with van der Waals surface area (Å²) in [4.78, 5) is 23.3. The lowest BCUT2D eigenvalue weighted by Crippen LogP contribution is -2.15. The first-order valence-corrected chi connectivity index (χ1v) is 8.79. The van der Waals surface area contributed by atoms with Crippen molar-refractivity contribution in [2.45, 2.75) is 13.8 Å². The van der Waals surface area contributed by atoms with E-state index in [-0.39, 0.29) is 11.5 Å². The van der Waals surface area contributed by atoms with Gasteiger partial charge in [-0.05, 0) is 77.5 Å². The molecule has 0 saturated heterocycles. The van der Waals surface area contributed by atoms with E-state index in [9.17, 15) is 14.9 Å². The van der Waals surface area contributed by atoms with E-state index in [0.717, 1.165) is 9.13 Å². The third kappa shape index (κ3) is 5.60. The molecule has 0 spiro atoms. The second-order valence-electron chi connectivity index (χ2n) is 5.49. The van der Waals surface area contributed by atoms with Crippen LogP contribution in [0, 0.1) is 21.8 Å². The molecular weight excluding hydrogens is 443 g/mol. The van der Waals surface area contributed by atoms with Gasteiger partial charge < -0.3 is 16.0 Å². The van der Waals surface area contributed by atoms with E-state index in [4.69, 9.17) is 0 Å². The summed E-state index contributed by atoms with van der Waals surface area (Å²) in [5.74, 6) is -0.640. The molecule has 0 unspecified atom stereocenters. The van der Waals surface area contributed by atoms with Gasteiger partial charge in [0.05, 0.1) is 0 Å². The van der Waals surface area contributed by atoms with Crippen LogP contribution in [0.2, 0.25) is 0 Å². The van der Waals surface area contributed by atoms with Crippen molar-refractivity contribution < 1.29 is 9.59 Å². The number of carbonyl (C=O) groups excluding carboxylic acids is 2. The maximum atomic E-state index is 12.3. The zero-order chi connectivity index (χ0) is 19.1. The lowest BCUT2D eigenvalue weighted by molar-refractivity contribution is -0.114. The summed E-state index contributed by atoms with van der Waals surface area (Å²) in [5, 5.41) is 17.5. The number of nitriles is 1. The van der Waals surface area contributed by atoms with Crippen molar-refractivity contribution in [3.05, 3.63) is 63.4 Å². The van der Waals surface area contributed by atoms with Crippen molar-refractivity contribution in [1.82, 2.24) is 0 Å². The molecule has 26 heavy (non-hydrogen) atoms. The number of benzene rings is 2. The Hall–Kier alpha value is -2.86. The van der Waals surface area contributed by atoms with Crippen LogP contribution in [0.15, 0.2) is 54.2 Å². The van der Waals surface area contributed by atoms with E-state index >= 15 is 0 Å². The standard InChI is InChI=1S/C19H17IN4O2/c1-12-9-15(20)3-8-18(12)24-19(26)14(10-21)11-22-16-4-6-17(7-5-16)23-13(2)25/h3-9,11,22H,1-2H3,(H,23,25)(H,24,26)/b14-11-. The average molecular weight is 460 g/mol. The molecule has 0 atom stereocenters. The molecule has 0 saturated carbocycles. The number of nitrogens with zero attached hydrogens (tertiary/aromatic N) is 1. The number of hydrogen-bond donors (Lipinski definition) is 3. The zero-order valence-corrected chi connectivity index (χ0v) is 16.4. The monoisotopic (exact) mass is 460 g/mol. The molecule has 2 aromatic rings. The number of aryl methyl sites for hydroxylation is 1. The molecule has 6 nitrogen and oxygen atoms in total. The van der Waals surface area contributed by atoms with Crippen LogP contribution in [-0.2, 0) is 9.59 Å². The highest BCUT2D eigenvalue weighted by atomic mass is 127. The summed E-state index contributed by atoms with van der Waals surface area (Å²) in [6.45, 7) is 3.32. The minimum Gasteiger partial charge on any atom is -0.360 e. The van der Waals surface area contributed by atoms with Crippen LogP contribution in [-0.4, -0.2) is 11.8 Å². The Labute approximate surface area is 165 Å². The molecule has 0 radical (unpaired) electrons. The number of anilines is 3. The van der Waals surface area contributed by atoms with Gasteiger partial charge in [-0.3, -0.25) is 9.59 Å². The Morgan fingerprint density at radius 3 is 2.31 bits per heavy atom. The summed E-state index contributed by atoms with van der Waals surface area (Å²) in [7, 11) is 0. The molecule has 0 fully saturated rings. The fraction of sp³-hybridized carbons (Fsp3) is 0.105. The van der Waals surface area contributed by atoms with Crippen LogP contribution in [0.1, 0.15) is 12.5 Å². The average Bonchev–Trinajstić information content (AvgIpc) is 2.59. The molecule has 2 aromatic carbocycles. The lowest BCUT2D eigenvalue weighted by Gasteiger charge is -2.09. The predicted molar refractivity (Wildman–Crippen MR) is 111 cm³/mol. The molecule has 0 aliphatic heterocycles. The van der Waals surface area contributed by atoms with Crippen LogP contribution < -0.4 is 16.0 Å². The maximum Gasteiger partial charge on any atom is 0.267 e. The van der Waals surface area contributed by atoms with Crippen molar-refractivity contribution >= 4 is 51.5 Å². The van der Waals surface area contributed by atoms with E-state index in [1.54, 1.807) is 30.3 Å².